The summed E-state index contributed by atoms with van der Waals surface area (Å²) in [5.74, 6) is 1.39. The Morgan fingerprint density at radius 1 is 1.24 bits per heavy atom. The van der Waals surface area contributed by atoms with Crippen molar-refractivity contribution in [3.8, 4) is 0 Å². The summed E-state index contributed by atoms with van der Waals surface area (Å²) in [6, 6.07) is 4.48. The van der Waals surface area contributed by atoms with Gasteiger partial charge in [-0.15, -0.1) is 0 Å². The van der Waals surface area contributed by atoms with Gasteiger partial charge < -0.3 is 15.0 Å². The monoisotopic (exact) mass is 544 g/mol. The average molecular weight is 545 g/mol. The smallest absolute Gasteiger partial charge is 0.309 e. The van der Waals surface area contributed by atoms with E-state index in [0.717, 1.165) is 30.8 Å². The summed E-state index contributed by atoms with van der Waals surface area (Å²) in [6.45, 7) is 1.41. The summed E-state index contributed by atoms with van der Waals surface area (Å²) < 4.78 is 32.5. The molecule has 2 aliphatic heterocycles. The fourth-order valence-electron chi connectivity index (χ4n) is 4.60. The number of aryl methyl sites for hydroxylation is 1. The maximum Gasteiger partial charge on any atom is 0.309 e. The summed E-state index contributed by atoms with van der Waals surface area (Å²) in [4.78, 5) is 32.4. The first kappa shape index (κ1) is 25.5. The second-order valence-corrected chi connectivity index (χ2v) is 11.0. The van der Waals surface area contributed by atoms with Crippen molar-refractivity contribution in [2.24, 2.45) is 0 Å². The van der Waals surface area contributed by atoms with E-state index in [1.165, 1.54) is 13.2 Å². The quantitative estimate of drug-likeness (QED) is 0.461. The highest BCUT2D eigenvalue weighted by atomic mass is 35.5. The minimum atomic E-state index is -1.28. The van der Waals surface area contributed by atoms with Crippen molar-refractivity contribution in [2.45, 2.75) is 42.9 Å². The van der Waals surface area contributed by atoms with Crippen molar-refractivity contribution in [3.05, 3.63) is 58.5 Å². The molecule has 5 rings (SSSR count). The van der Waals surface area contributed by atoms with E-state index in [1.54, 1.807) is 24.5 Å². The van der Waals surface area contributed by atoms with E-state index >= 15 is 0 Å². The number of fused-ring (bicyclic) bond motifs is 1. The summed E-state index contributed by atoms with van der Waals surface area (Å²) in [5.41, 5.74) is 1.40. The van der Waals surface area contributed by atoms with E-state index in [-0.39, 0.29) is 18.0 Å². The standard InChI is InChI=1S/C25H26ClFN6O3S/c1-36-21(34)12-15-4-5-19(18(27)11-15)30-24-22-20(3-2-10-37(22)35)31-25(32-24)33-8-6-16(7-9-33)23-28-13-17(26)14-29-23/h4-5,11,13-14,16H,2-3,6-10,12H2,1H3,(H,30,31,32)/t37-/m1/s1. The number of hydrogen-bond acceptors (Lipinski definition) is 9. The van der Waals surface area contributed by atoms with Crippen LogP contribution in [0.4, 0.5) is 21.8 Å². The molecule has 9 nitrogen and oxygen atoms in total. The van der Waals surface area contributed by atoms with Crippen LogP contribution in [0.25, 0.3) is 0 Å². The summed E-state index contributed by atoms with van der Waals surface area (Å²) in [5, 5.41) is 3.56. The highest BCUT2D eigenvalue weighted by Gasteiger charge is 2.28. The Morgan fingerprint density at radius 2 is 2.00 bits per heavy atom. The number of methoxy groups -OCH3 is 1. The van der Waals surface area contributed by atoms with Crippen molar-refractivity contribution < 1.29 is 18.1 Å². The molecule has 0 aliphatic carbocycles. The molecule has 37 heavy (non-hydrogen) atoms. The average Bonchev–Trinajstić information content (AvgIpc) is 2.90. The maximum absolute atomic E-state index is 14.9. The zero-order valence-electron chi connectivity index (χ0n) is 20.2. The largest absolute Gasteiger partial charge is 0.469 e. The zero-order chi connectivity index (χ0) is 25.9. The maximum atomic E-state index is 14.9. The first-order valence-electron chi connectivity index (χ1n) is 12.0. The molecule has 2 aromatic heterocycles. The highest BCUT2D eigenvalue weighted by Crippen LogP contribution is 2.34. The lowest BCUT2D eigenvalue weighted by atomic mass is 9.96. The lowest BCUT2D eigenvalue weighted by Crippen LogP contribution is -2.35. The number of aromatic nitrogens is 4. The molecule has 1 aromatic carbocycles. The van der Waals surface area contributed by atoms with Gasteiger partial charge in [-0.05, 0) is 43.4 Å². The Kier molecular flexibility index (Phi) is 7.61. The second kappa shape index (κ2) is 11.1. The number of halogens is 2. The number of hydrogen-bond donors (Lipinski definition) is 1. The van der Waals surface area contributed by atoms with Crippen LogP contribution in [0, 0.1) is 5.82 Å². The molecule has 1 atom stereocenters. The van der Waals surface area contributed by atoms with E-state index in [0.29, 0.717) is 52.5 Å². The highest BCUT2D eigenvalue weighted by molar-refractivity contribution is 7.85. The number of nitrogens with zero attached hydrogens (tertiary/aromatic N) is 5. The van der Waals surface area contributed by atoms with E-state index in [9.17, 15) is 13.4 Å². The Balaban J connectivity index is 1.39. The van der Waals surface area contributed by atoms with Gasteiger partial charge in [-0.3, -0.25) is 9.00 Å². The van der Waals surface area contributed by atoms with Gasteiger partial charge in [0.15, 0.2) is 5.82 Å². The molecule has 0 unspecified atom stereocenters. The first-order valence-corrected chi connectivity index (χ1v) is 13.7. The molecule has 0 amide bonds. The SMILES string of the molecule is COC(=O)Cc1ccc(Nc2nc(N3CCC(c4ncc(Cl)cn4)CC3)nc3c2[S@](=O)CCC3)c(F)c1. The van der Waals surface area contributed by atoms with Crippen molar-refractivity contribution >= 4 is 45.8 Å². The van der Waals surface area contributed by atoms with Crippen molar-refractivity contribution in [1.82, 2.24) is 19.9 Å². The van der Waals surface area contributed by atoms with Gasteiger partial charge in [0.25, 0.3) is 0 Å². The zero-order valence-corrected chi connectivity index (χ0v) is 21.8. The van der Waals surface area contributed by atoms with E-state index in [4.69, 9.17) is 21.6 Å². The number of carbonyl (C=O) groups is 1. The number of ether oxygens (including phenoxy) is 1. The normalized spacial score (nSPS) is 17.8. The molecule has 1 N–H and O–H groups in total. The number of esters is 1. The van der Waals surface area contributed by atoms with Crippen molar-refractivity contribution in [1.29, 1.82) is 0 Å². The van der Waals surface area contributed by atoms with Crippen LogP contribution >= 0.6 is 11.6 Å². The number of anilines is 3. The van der Waals surface area contributed by atoms with Gasteiger partial charge in [0, 0.05) is 37.2 Å². The lowest BCUT2D eigenvalue weighted by molar-refractivity contribution is -0.139. The molecular weight excluding hydrogens is 519 g/mol. The van der Waals surface area contributed by atoms with Crippen molar-refractivity contribution in [2.75, 3.05) is 36.2 Å². The van der Waals surface area contributed by atoms with E-state index in [1.807, 2.05) is 0 Å². The first-order chi connectivity index (χ1) is 17.9. The topological polar surface area (TPSA) is 110 Å². The Morgan fingerprint density at radius 3 is 2.70 bits per heavy atom. The van der Waals surface area contributed by atoms with E-state index in [2.05, 4.69) is 24.9 Å². The predicted octanol–water partition coefficient (Wildman–Crippen LogP) is 3.96. The fourth-order valence-corrected chi connectivity index (χ4v) is 6.03. The van der Waals surface area contributed by atoms with E-state index < -0.39 is 22.6 Å². The molecular formula is C25H26ClFN6O3S. The van der Waals surface area contributed by atoms with Gasteiger partial charge in [-0.25, -0.2) is 19.3 Å². The molecule has 12 heteroatoms. The number of carbonyl (C=O) groups excluding carboxylic acids is 1. The summed E-state index contributed by atoms with van der Waals surface area (Å²) >= 11 is 5.92. The van der Waals surface area contributed by atoms with Gasteiger partial charge in [-0.1, -0.05) is 17.7 Å². The molecule has 0 radical (unpaired) electrons. The Hall–Kier alpha value is -3.18. The molecule has 4 heterocycles. The van der Waals surface area contributed by atoms with Crippen LogP contribution in [0.15, 0.2) is 35.5 Å². The van der Waals surface area contributed by atoms with Crippen LogP contribution in [-0.4, -0.2) is 56.1 Å². The molecule has 194 valence electrons. The molecule has 2 aliphatic rings. The van der Waals surface area contributed by atoms with Crippen LogP contribution in [-0.2, 0) is 33.2 Å². The molecule has 3 aromatic rings. The number of rotatable bonds is 6. The van der Waals surface area contributed by atoms with Crippen LogP contribution in [0.1, 0.15) is 42.3 Å². The number of nitrogens with one attached hydrogen (secondary N) is 1. The Labute approximate surface area is 221 Å². The fraction of sp³-hybridized carbons (Fsp3) is 0.400. The van der Waals surface area contributed by atoms with Gasteiger partial charge in [0.1, 0.15) is 16.5 Å². The number of benzene rings is 1. The van der Waals surface area contributed by atoms with Crippen molar-refractivity contribution in [3.63, 3.8) is 0 Å². The van der Waals surface area contributed by atoms with Crippen LogP contribution in [0.3, 0.4) is 0 Å². The minimum absolute atomic E-state index is 0.0260. The lowest BCUT2D eigenvalue weighted by Gasteiger charge is -2.32. The molecule has 0 spiro atoms. The third-order valence-electron chi connectivity index (χ3n) is 6.54. The van der Waals surface area contributed by atoms with Crippen LogP contribution in [0.5, 0.6) is 0 Å². The number of piperidine rings is 1. The van der Waals surface area contributed by atoms with Gasteiger partial charge in [0.05, 0.1) is 40.7 Å². The van der Waals surface area contributed by atoms with Gasteiger partial charge in [-0.2, -0.15) is 4.98 Å². The minimum Gasteiger partial charge on any atom is -0.469 e. The van der Waals surface area contributed by atoms with Crippen LogP contribution in [0.2, 0.25) is 5.02 Å². The predicted molar refractivity (Wildman–Crippen MR) is 138 cm³/mol. The Bertz CT molecular complexity index is 1330. The molecule has 0 saturated carbocycles. The van der Waals surface area contributed by atoms with Gasteiger partial charge in [0.2, 0.25) is 5.95 Å². The van der Waals surface area contributed by atoms with Gasteiger partial charge >= 0.3 is 5.97 Å². The third-order valence-corrected chi connectivity index (χ3v) is 8.28. The molecule has 1 saturated heterocycles. The van der Waals surface area contributed by atoms with Crippen LogP contribution < -0.4 is 10.2 Å². The second-order valence-electron chi connectivity index (χ2n) is 9.01. The molecule has 1 fully saturated rings. The summed E-state index contributed by atoms with van der Waals surface area (Å²) in [7, 11) is 0.00699. The molecule has 0 bridgehead atoms. The third kappa shape index (κ3) is 5.72. The summed E-state index contributed by atoms with van der Waals surface area (Å²) in [6.07, 6.45) is 6.30.